The van der Waals surface area contributed by atoms with Crippen LogP contribution in [0.3, 0.4) is 0 Å². The summed E-state index contributed by atoms with van der Waals surface area (Å²) < 4.78 is 68.9. The molecule has 3 aliphatic heterocycles. The van der Waals surface area contributed by atoms with Gasteiger partial charge in [0.05, 0.1) is 12.0 Å². The molecular weight excluding hydrogens is 517 g/mol. The van der Waals surface area contributed by atoms with Gasteiger partial charge in [0.2, 0.25) is 17.7 Å². The molecule has 6 atom stereocenters. The number of hydrogen-bond donors (Lipinski definition) is 3. The molecule has 5 fully saturated rings. The highest BCUT2D eigenvalue weighted by molar-refractivity contribution is 5.94. The van der Waals surface area contributed by atoms with E-state index in [4.69, 9.17) is 0 Å². The van der Waals surface area contributed by atoms with Gasteiger partial charge in [0, 0.05) is 24.9 Å². The summed E-state index contributed by atoms with van der Waals surface area (Å²) >= 11 is 0. The van der Waals surface area contributed by atoms with Crippen LogP contribution in [0, 0.1) is 29.1 Å². The highest BCUT2D eigenvalue weighted by Crippen LogP contribution is 2.49. The second kappa shape index (κ2) is 10.6. The normalized spacial score (nSPS) is 30.0. The van der Waals surface area contributed by atoms with Gasteiger partial charge >= 0.3 is 12.1 Å². The first-order chi connectivity index (χ1) is 17.8. The molecule has 5 rings (SSSR count). The molecule has 0 radical (unpaired) electrons. The molecule has 0 aromatic heterocycles. The Labute approximate surface area is 215 Å². The monoisotopic (exact) mass is 547 g/mol. The summed E-state index contributed by atoms with van der Waals surface area (Å²) in [6.07, 6.45) is -3.56. The van der Waals surface area contributed by atoms with Gasteiger partial charge in [-0.3, -0.25) is 19.2 Å². The Kier molecular flexibility index (Phi) is 7.86. The van der Waals surface area contributed by atoms with Crippen LogP contribution in [0.15, 0.2) is 0 Å². The quantitative estimate of drug-likeness (QED) is 0.399. The Morgan fingerprint density at radius 2 is 1.82 bits per heavy atom. The molecule has 9 nitrogen and oxygen atoms in total. The maximum absolute atomic E-state index is 14.9. The Balaban J connectivity index is 1.58. The van der Waals surface area contributed by atoms with Crippen LogP contribution >= 0.6 is 0 Å². The lowest BCUT2D eigenvalue weighted by Gasteiger charge is -2.54. The lowest BCUT2D eigenvalue weighted by molar-refractivity contribution is -0.196. The van der Waals surface area contributed by atoms with Gasteiger partial charge < -0.3 is 20.9 Å². The minimum absolute atomic E-state index is 0.0504. The largest absolute Gasteiger partial charge is 0.471 e. The van der Waals surface area contributed by atoms with Crippen LogP contribution in [0.25, 0.3) is 0 Å². The van der Waals surface area contributed by atoms with E-state index < -0.39 is 72.2 Å². The molecule has 0 aromatic rings. The third-order valence-corrected chi connectivity index (χ3v) is 8.27. The number of carbonyl (C=O) groups excluding carboxylic acids is 4. The van der Waals surface area contributed by atoms with Crippen LogP contribution in [-0.2, 0) is 19.2 Å². The van der Waals surface area contributed by atoms with Gasteiger partial charge in [0.25, 0.3) is 5.92 Å². The Morgan fingerprint density at radius 3 is 2.34 bits per heavy atom. The molecule has 0 aromatic carbocycles. The van der Waals surface area contributed by atoms with E-state index in [2.05, 4.69) is 10.6 Å². The number of nitrogens with one attached hydrogen (secondary N) is 3. The fourth-order valence-electron chi connectivity index (χ4n) is 6.08. The summed E-state index contributed by atoms with van der Waals surface area (Å²) in [4.78, 5) is 51.5. The summed E-state index contributed by atoms with van der Waals surface area (Å²) in [5.41, 5.74) is 0. The number of rotatable bonds is 8. The van der Waals surface area contributed by atoms with Gasteiger partial charge in [-0.2, -0.15) is 18.4 Å². The third kappa shape index (κ3) is 5.71. The molecular formula is C24H30F5N5O4. The molecule has 0 unspecified atom stereocenters. The highest BCUT2D eigenvalue weighted by Gasteiger charge is 2.61. The van der Waals surface area contributed by atoms with E-state index in [-0.39, 0.29) is 37.5 Å². The summed E-state index contributed by atoms with van der Waals surface area (Å²) in [6, 6.07) is -3.83. The highest BCUT2D eigenvalue weighted by atomic mass is 19.4. The van der Waals surface area contributed by atoms with Gasteiger partial charge in [-0.1, -0.05) is 19.3 Å². The van der Waals surface area contributed by atoms with E-state index >= 15 is 0 Å². The first kappa shape index (κ1) is 28.0. The lowest BCUT2D eigenvalue weighted by atomic mass is 9.71. The van der Waals surface area contributed by atoms with E-state index in [1.807, 2.05) is 6.07 Å². The number of carbonyl (C=O) groups is 4. The van der Waals surface area contributed by atoms with Crippen molar-refractivity contribution in [2.45, 2.75) is 94.1 Å². The van der Waals surface area contributed by atoms with Gasteiger partial charge in [-0.05, 0) is 38.0 Å². The number of fused-ring (bicyclic) bond motifs is 3. The van der Waals surface area contributed by atoms with Gasteiger partial charge in [-0.15, -0.1) is 0 Å². The van der Waals surface area contributed by atoms with E-state index in [0.717, 1.165) is 11.3 Å². The molecule has 210 valence electrons. The van der Waals surface area contributed by atoms with Gasteiger partial charge in [0.15, 0.2) is 0 Å². The predicted octanol–water partition coefficient (Wildman–Crippen LogP) is 1.77. The van der Waals surface area contributed by atoms with Crippen LogP contribution in [0.2, 0.25) is 0 Å². The van der Waals surface area contributed by atoms with Crippen molar-refractivity contribution in [3.63, 3.8) is 0 Å². The van der Waals surface area contributed by atoms with E-state index in [1.165, 1.54) is 0 Å². The first-order valence-corrected chi connectivity index (χ1v) is 12.9. The molecule has 3 N–H and O–H groups in total. The fraction of sp³-hybridized carbons (Fsp3) is 0.792. The molecule has 14 heteroatoms. The maximum Gasteiger partial charge on any atom is 0.471 e. The number of nitrogens with zero attached hydrogens (tertiary/aromatic N) is 2. The lowest BCUT2D eigenvalue weighted by Crippen LogP contribution is -2.71. The zero-order valence-electron chi connectivity index (χ0n) is 20.5. The molecule has 5 aliphatic rings. The molecule has 2 aliphatic carbocycles. The second-order valence-electron chi connectivity index (χ2n) is 10.8. The first-order valence-electron chi connectivity index (χ1n) is 12.9. The van der Waals surface area contributed by atoms with Crippen molar-refractivity contribution in [2.75, 3.05) is 6.54 Å². The number of piperidine rings is 2. The van der Waals surface area contributed by atoms with E-state index in [1.54, 1.807) is 5.32 Å². The van der Waals surface area contributed by atoms with Crippen LogP contribution < -0.4 is 16.0 Å². The van der Waals surface area contributed by atoms with Crippen LogP contribution in [0.5, 0.6) is 0 Å². The Hall–Kier alpha value is -2.98. The minimum atomic E-state index is -5.25. The minimum Gasteiger partial charge on any atom is -0.356 e. The van der Waals surface area contributed by atoms with Crippen molar-refractivity contribution < 1.29 is 41.1 Å². The predicted molar refractivity (Wildman–Crippen MR) is 120 cm³/mol. The van der Waals surface area contributed by atoms with E-state index in [9.17, 15) is 46.4 Å². The molecule has 2 bridgehead atoms. The molecule has 4 amide bonds. The van der Waals surface area contributed by atoms with Crippen molar-refractivity contribution in [3.8, 4) is 6.07 Å². The standard InChI is InChI=1S/C24H30F5N5O4/c25-23(26)10-15-4-5-16(23)18(20(36)32-14(11-30)9-13-6-7-31-19(13)35)34(15)21(37)17(8-12-2-1-3-12)33-22(38)24(27,28)29/h12-18H,1-10H2,(H,31,35)(H,32,36)(H,33,38)/t13-,14-,15+,16+,17-,18-/m0/s1. The summed E-state index contributed by atoms with van der Waals surface area (Å²) in [6.45, 7) is 0.405. The third-order valence-electron chi connectivity index (χ3n) is 8.27. The van der Waals surface area contributed by atoms with Gasteiger partial charge in [-0.25, -0.2) is 8.78 Å². The van der Waals surface area contributed by atoms with Gasteiger partial charge in [0.1, 0.15) is 18.1 Å². The van der Waals surface area contributed by atoms with E-state index in [0.29, 0.717) is 25.8 Å². The van der Waals surface area contributed by atoms with Crippen molar-refractivity contribution >= 4 is 23.6 Å². The van der Waals surface area contributed by atoms with Crippen molar-refractivity contribution in [3.05, 3.63) is 0 Å². The van der Waals surface area contributed by atoms with Crippen LogP contribution in [0.1, 0.15) is 57.8 Å². The smallest absolute Gasteiger partial charge is 0.356 e. The SMILES string of the molecule is N#C[C@H](C[C@@H]1CCNC1=O)NC(=O)[C@@H]1[C@H]2CC[C@H](CC2(F)F)N1C(=O)[C@H](CC1CCC1)NC(=O)C(F)(F)F. The number of halogens is 5. The maximum atomic E-state index is 14.9. The van der Waals surface area contributed by atoms with Crippen LogP contribution in [-0.4, -0.2) is 71.3 Å². The van der Waals surface area contributed by atoms with Crippen molar-refractivity contribution in [1.29, 1.82) is 5.26 Å². The average molecular weight is 548 g/mol. The van der Waals surface area contributed by atoms with Crippen molar-refractivity contribution in [1.82, 2.24) is 20.9 Å². The molecule has 38 heavy (non-hydrogen) atoms. The number of amides is 4. The second-order valence-corrected chi connectivity index (χ2v) is 10.8. The molecule has 2 saturated carbocycles. The number of hydrogen-bond acceptors (Lipinski definition) is 5. The van der Waals surface area contributed by atoms with Crippen molar-refractivity contribution in [2.24, 2.45) is 17.8 Å². The van der Waals surface area contributed by atoms with Crippen LogP contribution in [0.4, 0.5) is 22.0 Å². The zero-order chi connectivity index (χ0) is 27.8. The summed E-state index contributed by atoms with van der Waals surface area (Å²) in [7, 11) is 0. The summed E-state index contributed by atoms with van der Waals surface area (Å²) in [5.74, 6) is -10.2. The Morgan fingerprint density at radius 1 is 1.11 bits per heavy atom. The summed E-state index contributed by atoms with van der Waals surface area (Å²) in [5, 5.41) is 16.3. The Bertz CT molecular complexity index is 1010. The fourth-order valence-corrected chi connectivity index (χ4v) is 6.08. The molecule has 0 spiro atoms. The average Bonchev–Trinajstić information content (AvgIpc) is 3.21. The topological polar surface area (TPSA) is 131 Å². The molecule has 3 heterocycles. The number of alkyl halides is 5. The molecule has 3 saturated heterocycles. The zero-order valence-corrected chi connectivity index (χ0v) is 20.5. The number of nitriles is 1.